The molecule has 0 unspecified atom stereocenters. The Balaban J connectivity index is 1.82. The molecule has 0 aliphatic carbocycles. The highest BCUT2D eigenvalue weighted by molar-refractivity contribution is 5.76. The Labute approximate surface area is 201 Å². The smallest absolute Gasteiger partial charge is 0.258 e. The zero-order chi connectivity index (χ0) is 24.7. The molecule has 34 heavy (non-hydrogen) atoms. The summed E-state index contributed by atoms with van der Waals surface area (Å²) in [5, 5.41) is 10.4. The molecule has 0 atom stereocenters. The number of nitrogens with zero attached hydrogens (tertiary/aromatic N) is 3. The van der Waals surface area contributed by atoms with Crippen LogP contribution in [-0.4, -0.2) is 40.7 Å². The van der Waals surface area contributed by atoms with E-state index in [1.165, 1.54) is 11.1 Å². The summed E-state index contributed by atoms with van der Waals surface area (Å²) in [6.45, 7) is 12.2. The van der Waals surface area contributed by atoms with Gasteiger partial charge in [-0.1, -0.05) is 25.9 Å². The zero-order valence-electron chi connectivity index (χ0n) is 20.9. The molecule has 0 bridgehead atoms. The number of amides is 1. The topological polar surface area (TPSA) is 119 Å². The lowest BCUT2D eigenvalue weighted by atomic mass is 9.93. The Morgan fingerprint density at radius 2 is 1.91 bits per heavy atom. The average molecular weight is 465 g/mol. The van der Waals surface area contributed by atoms with Crippen molar-refractivity contribution < 1.29 is 9.32 Å². The summed E-state index contributed by atoms with van der Waals surface area (Å²) >= 11 is 0. The number of rotatable bonds is 11. The van der Waals surface area contributed by atoms with E-state index >= 15 is 0 Å². The van der Waals surface area contributed by atoms with Gasteiger partial charge in [0.25, 0.3) is 5.89 Å². The fourth-order valence-corrected chi connectivity index (χ4v) is 3.88. The van der Waals surface area contributed by atoms with Gasteiger partial charge in [-0.15, -0.1) is 0 Å². The number of hydrogen-bond donors (Lipinski definition) is 3. The number of hydrogen-bond acceptors (Lipinski definition) is 7. The van der Waals surface area contributed by atoms with Crippen molar-refractivity contribution in [2.75, 3.05) is 25.0 Å². The molecule has 0 aliphatic heterocycles. The lowest BCUT2D eigenvalue weighted by Gasteiger charge is -2.13. The van der Waals surface area contributed by atoms with Crippen LogP contribution in [0.15, 0.2) is 28.8 Å². The van der Waals surface area contributed by atoms with Gasteiger partial charge in [0, 0.05) is 42.9 Å². The number of aromatic nitrogens is 3. The minimum atomic E-state index is 0.0219. The van der Waals surface area contributed by atoms with E-state index in [1.807, 2.05) is 19.1 Å². The van der Waals surface area contributed by atoms with Crippen LogP contribution in [0.4, 0.5) is 5.82 Å². The number of carbonyl (C=O) groups excluding carboxylic acids is 1. The van der Waals surface area contributed by atoms with Crippen LogP contribution in [0.2, 0.25) is 0 Å². The summed E-state index contributed by atoms with van der Waals surface area (Å²) in [5.41, 5.74) is 11.6. The van der Waals surface area contributed by atoms with Crippen LogP contribution < -0.4 is 16.4 Å². The molecule has 1 aromatic carbocycles. The molecule has 1 amide bonds. The van der Waals surface area contributed by atoms with Crippen LogP contribution >= 0.6 is 0 Å². The van der Waals surface area contributed by atoms with Gasteiger partial charge in [-0.3, -0.25) is 4.79 Å². The third-order valence-electron chi connectivity index (χ3n) is 5.59. The molecular weight excluding hydrogens is 428 g/mol. The Kier molecular flexibility index (Phi) is 8.76. The number of anilines is 1. The van der Waals surface area contributed by atoms with Gasteiger partial charge in [0.2, 0.25) is 11.7 Å². The third kappa shape index (κ3) is 6.63. The summed E-state index contributed by atoms with van der Waals surface area (Å²) in [4.78, 5) is 21.3. The molecular formula is C26H36N6O2. The summed E-state index contributed by atoms with van der Waals surface area (Å²) in [5.74, 6) is 2.34. The van der Waals surface area contributed by atoms with Gasteiger partial charge in [0.15, 0.2) is 0 Å². The highest BCUT2D eigenvalue weighted by atomic mass is 16.5. The first kappa shape index (κ1) is 25.4. The van der Waals surface area contributed by atoms with E-state index in [0.29, 0.717) is 43.6 Å². The SMILES string of the molecule is CCc1cc(-c2noc(-c3cc(C)nc(NCC(C)C)c3)n2)cc(C)c1CCC(=O)NCCN. The number of nitrogens with two attached hydrogens (primary N) is 1. The van der Waals surface area contributed by atoms with Crippen molar-refractivity contribution in [2.24, 2.45) is 11.7 Å². The molecule has 2 heterocycles. The van der Waals surface area contributed by atoms with Gasteiger partial charge >= 0.3 is 0 Å². The Morgan fingerprint density at radius 1 is 1.12 bits per heavy atom. The molecule has 8 nitrogen and oxygen atoms in total. The van der Waals surface area contributed by atoms with Crippen LogP contribution in [0.25, 0.3) is 22.8 Å². The zero-order valence-corrected chi connectivity index (χ0v) is 20.9. The molecule has 8 heteroatoms. The van der Waals surface area contributed by atoms with Crippen LogP contribution in [0.5, 0.6) is 0 Å². The fourth-order valence-electron chi connectivity index (χ4n) is 3.88. The maximum Gasteiger partial charge on any atom is 0.258 e. The molecule has 0 spiro atoms. The van der Waals surface area contributed by atoms with Gasteiger partial charge in [0.1, 0.15) is 5.82 Å². The second-order valence-electron chi connectivity index (χ2n) is 9.00. The lowest BCUT2D eigenvalue weighted by molar-refractivity contribution is -0.121. The number of carbonyl (C=O) groups is 1. The van der Waals surface area contributed by atoms with Gasteiger partial charge < -0.3 is 20.9 Å². The van der Waals surface area contributed by atoms with E-state index in [-0.39, 0.29) is 5.91 Å². The predicted molar refractivity (Wildman–Crippen MR) is 136 cm³/mol. The molecule has 0 saturated carbocycles. The van der Waals surface area contributed by atoms with Crippen molar-refractivity contribution in [2.45, 2.75) is 53.9 Å². The minimum absolute atomic E-state index is 0.0219. The molecule has 4 N–H and O–H groups in total. The molecule has 0 saturated heterocycles. The van der Waals surface area contributed by atoms with Crippen LogP contribution in [0.3, 0.4) is 0 Å². The summed E-state index contributed by atoms with van der Waals surface area (Å²) in [7, 11) is 0. The summed E-state index contributed by atoms with van der Waals surface area (Å²) in [6, 6.07) is 8.05. The van der Waals surface area contributed by atoms with Gasteiger partial charge in [-0.25, -0.2) is 4.98 Å². The molecule has 0 radical (unpaired) electrons. The third-order valence-corrected chi connectivity index (χ3v) is 5.59. The number of benzene rings is 1. The predicted octanol–water partition coefficient (Wildman–Crippen LogP) is 4.05. The van der Waals surface area contributed by atoms with Crippen molar-refractivity contribution in [3.8, 4) is 22.8 Å². The minimum Gasteiger partial charge on any atom is -0.370 e. The lowest BCUT2D eigenvalue weighted by Crippen LogP contribution is -2.29. The Hall–Kier alpha value is -3.26. The van der Waals surface area contributed by atoms with Crippen molar-refractivity contribution >= 4 is 11.7 Å². The molecule has 3 rings (SSSR count). The fraction of sp³-hybridized carbons (Fsp3) is 0.462. The van der Waals surface area contributed by atoms with E-state index in [0.717, 1.165) is 41.2 Å². The van der Waals surface area contributed by atoms with E-state index < -0.39 is 0 Å². The molecule has 0 fully saturated rings. The first-order valence-electron chi connectivity index (χ1n) is 12.0. The second-order valence-corrected chi connectivity index (χ2v) is 9.00. The van der Waals surface area contributed by atoms with E-state index in [1.54, 1.807) is 0 Å². The van der Waals surface area contributed by atoms with E-state index in [2.05, 4.69) is 65.6 Å². The highest BCUT2D eigenvalue weighted by Crippen LogP contribution is 2.28. The van der Waals surface area contributed by atoms with Crippen molar-refractivity contribution in [3.05, 3.63) is 46.6 Å². The molecule has 3 aromatic rings. The van der Waals surface area contributed by atoms with Crippen molar-refractivity contribution in [3.63, 3.8) is 0 Å². The largest absolute Gasteiger partial charge is 0.370 e. The van der Waals surface area contributed by atoms with Gasteiger partial charge in [-0.05, 0) is 73.6 Å². The molecule has 182 valence electrons. The van der Waals surface area contributed by atoms with Crippen LogP contribution in [0, 0.1) is 19.8 Å². The van der Waals surface area contributed by atoms with E-state index in [9.17, 15) is 4.79 Å². The summed E-state index contributed by atoms with van der Waals surface area (Å²) in [6.07, 6.45) is 1.98. The maximum atomic E-state index is 12.0. The van der Waals surface area contributed by atoms with Crippen molar-refractivity contribution in [1.82, 2.24) is 20.4 Å². The quantitative estimate of drug-likeness (QED) is 0.392. The number of aryl methyl sites for hydroxylation is 3. The standard InChI is InChI=1S/C26H36N6O2/c1-6-19-13-20(11-17(4)22(19)7-8-24(33)28-10-9-27)25-31-26(34-32-25)21-12-18(5)30-23(14-21)29-15-16(2)3/h11-14,16H,6-10,15,27H2,1-5H3,(H,28,33)(H,29,30). The first-order chi connectivity index (χ1) is 16.3. The van der Waals surface area contributed by atoms with Crippen LogP contribution in [-0.2, 0) is 17.6 Å². The Morgan fingerprint density at radius 3 is 2.62 bits per heavy atom. The van der Waals surface area contributed by atoms with Gasteiger partial charge in [-0.2, -0.15) is 4.98 Å². The van der Waals surface area contributed by atoms with Gasteiger partial charge in [0.05, 0.1) is 0 Å². The van der Waals surface area contributed by atoms with E-state index in [4.69, 9.17) is 10.3 Å². The normalized spacial score (nSPS) is 11.1. The maximum absolute atomic E-state index is 12.0. The molecule has 2 aromatic heterocycles. The highest BCUT2D eigenvalue weighted by Gasteiger charge is 2.16. The molecule has 0 aliphatic rings. The van der Waals surface area contributed by atoms with Crippen LogP contribution in [0.1, 0.15) is 49.6 Å². The monoisotopic (exact) mass is 464 g/mol. The second kappa shape index (κ2) is 11.7. The van der Waals surface area contributed by atoms with Crippen molar-refractivity contribution in [1.29, 1.82) is 0 Å². The Bertz CT molecular complexity index is 1120. The first-order valence-corrected chi connectivity index (χ1v) is 12.0. The summed E-state index contributed by atoms with van der Waals surface area (Å²) < 4.78 is 5.62. The number of nitrogens with one attached hydrogen (secondary N) is 2. The average Bonchev–Trinajstić information content (AvgIpc) is 3.30. The number of pyridine rings is 1.